The number of hydrogen-bond donors (Lipinski definition) is 1. The van der Waals surface area contributed by atoms with Gasteiger partial charge >= 0.3 is 5.97 Å². The second kappa shape index (κ2) is 8.42. The lowest BCUT2D eigenvalue weighted by molar-refractivity contribution is -0.148. The van der Waals surface area contributed by atoms with Crippen LogP contribution in [0, 0.1) is 5.92 Å². The molecule has 0 aliphatic heterocycles. The van der Waals surface area contributed by atoms with Crippen LogP contribution in [0.15, 0.2) is 30.3 Å². The number of carbonyl (C=O) groups is 2. The van der Waals surface area contributed by atoms with E-state index in [4.69, 9.17) is 9.47 Å². The van der Waals surface area contributed by atoms with Crippen LogP contribution < -0.4 is 5.32 Å². The van der Waals surface area contributed by atoms with E-state index in [-0.39, 0.29) is 11.8 Å². The zero-order valence-electron chi connectivity index (χ0n) is 13.0. The predicted octanol–water partition coefficient (Wildman–Crippen LogP) is 2.08. The number of esters is 1. The van der Waals surface area contributed by atoms with Gasteiger partial charge in [-0.05, 0) is 11.5 Å². The van der Waals surface area contributed by atoms with Crippen molar-refractivity contribution in [3.63, 3.8) is 0 Å². The summed E-state index contributed by atoms with van der Waals surface area (Å²) in [5, 5.41) is 2.73. The Morgan fingerprint density at radius 2 is 1.81 bits per heavy atom. The van der Waals surface area contributed by atoms with E-state index in [1.807, 2.05) is 44.2 Å². The Morgan fingerprint density at radius 3 is 2.29 bits per heavy atom. The molecule has 1 rings (SSSR count). The summed E-state index contributed by atoms with van der Waals surface area (Å²) >= 11 is 0. The summed E-state index contributed by atoms with van der Waals surface area (Å²) in [6, 6.07) is 8.48. The predicted molar refractivity (Wildman–Crippen MR) is 79.6 cm³/mol. The van der Waals surface area contributed by atoms with Crippen LogP contribution in [0.2, 0.25) is 0 Å². The van der Waals surface area contributed by atoms with Crippen LogP contribution in [0.5, 0.6) is 0 Å². The minimum absolute atomic E-state index is 0.0188. The van der Waals surface area contributed by atoms with E-state index < -0.39 is 18.1 Å². The molecule has 0 fully saturated rings. The summed E-state index contributed by atoms with van der Waals surface area (Å²) in [4.78, 5) is 24.2. The Morgan fingerprint density at radius 1 is 1.19 bits per heavy atom. The summed E-state index contributed by atoms with van der Waals surface area (Å²) in [6.07, 6.45) is 0.00524. The molecule has 0 unspecified atom stereocenters. The van der Waals surface area contributed by atoms with Gasteiger partial charge in [-0.3, -0.25) is 4.79 Å². The van der Waals surface area contributed by atoms with Gasteiger partial charge in [-0.15, -0.1) is 0 Å². The highest BCUT2D eigenvalue weighted by molar-refractivity contribution is 5.87. The molecule has 0 saturated carbocycles. The van der Waals surface area contributed by atoms with Crippen molar-refractivity contribution < 1.29 is 19.1 Å². The van der Waals surface area contributed by atoms with Crippen molar-refractivity contribution in [3.05, 3.63) is 35.9 Å². The van der Waals surface area contributed by atoms with Gasteiger partial charge in [0.2, 0.25) is 0 Å². The molecule has 0 spiro atoms. The normalized spacial score (nSPS) is 14.9. The molecular weight excluding hydrogens is 270 g/mol. The molecular formula is C16H23NO4. The Kier molecular flexibility index (Phi) is 6.88. The van der Waals surface area contributed by atoms with Crippen molar-refractivity contribution in [1.82, 2.24) is 5.32 Å². The number of benzene rings is 1. The average Bonchev–Trinajstić information content (AvgIpc) is 2.52. The van der Waals surface area contributed by atoms with Crippen molar-refractivity contribution in [2.24, 2.45) is 5.92 Å². The number of rotatable bonds is 7. The lowest BCUT2D eigenvalue weighted by Crippen LogP contribution is -2.47. The van der Waals surface area contributed by atoms with Crippen LogP contribution in [-0.4, -0.2) is 32.1 Å². The highest BCUT2D eigenvalue weighted by Crippen LogP contribution is 2.18. The monoisotopic (exact) mass is 293 g/mol. The SMILES string of the molecule is CC[C@H](C)[C@@H](NC(=O)[C@H](OC)c1ccccc1)C(=O)OC. The second-order valence-corrected chi connectivity index (χ2v) is 4.92. The summed E-state index contributed by atoms with van der Waals surface area (Å²) < 4.78 is 10.0. The van der Waals surface area contributed by atoms with Crippen LogP contribution in [0.4, 0.5) is 0 Å². The first kappa shape index (κ1) is 17.2. The van der Waals surface area contributed by atoms with Gasteiger partial charge < -0.3 is 14.8 Å². The molecule has 0 aliphatic carbocycles. The fourth-order valence-corrected chi connectivity index (χ4v) is 2.05. The van der Waals surface area contributed by atoms with Crippen molar-refractivity contribution in [3.8, 4) is 0 Å². The number of carbonyl (C=O) groups excluding carboxylic acids is 2. The first-order valence-corrected chi connectivity index (χ1v) is 7.01. The molecule has 1 aromatic rings. The lowest BCUT2D eigenvalue weighted by Gasteiger charge is -2.24. The van der Waals surface area contributed by atoms with Crippen molar-refractivity contribution in [1.29, 1.82) is 0 Å². The lowest BCUT2D eigenvalue weighted by atomic mass is 9.98. The summed E-state index contributed by atoms with van der Waals surface area (Å²) in [5.74, 6) is -0.810. The largest absolute Gasteiger partial charge is 0.467 e. The van der Waals surface area contributed by atoms with Crippen LogP contribution >= 0.6 is 0 Å². The van der Waals surface area contributed by atoms with Crippen LogP contribution in [-0.2, 0) is 19.1 Å². The molecule has 5 nitrogen and oxygen atoms in total. The number of nitrogens with one attached hydrogen (secondary N) is 1. The Labute approximate surface area is 125 Å². The molecule has 1 amide bonds. The third kappa shape index (κ3) is 4.56. The van der Waals surface area contributed by atoms with Gasteiger partial charge in [0.1, 0.15) is 6.04 Å². The number of amides is 1. The smallest absolute Gasteiger partial charge is 0.328 e. The molecule has 21 heavy (non-hydrogen) atoms. The molecule has 0 bridgehead atoms. The Hall–Kier alpha value is -1.88. The van der Waals surface area contributed by atoms with Crippen LogP contribution in [0.25, 0.3) is 0 Å². The van der Waals surface area contributed by atoms with Gasteiger partial charge in [0.25, 0.3) is 5.91 Å². The number of hydrogen-bond acceptors (Lipinski definition) is 4. The topological polar surface area (TPSA) is 64.6 Å². The van der Waals surface area contributed by atoms with E-state index >= 15 is 0 Å². The van der Waals surface area contributed by atoms with Crippen molar-refractivity contribution in [2.45, 2.75) is 32.4 Å². The van der Waals surface area contributed by atoms with Gasteiger partial charge in [-0.25, -0.2) is 4.79 Å². The van der Waals surface area contributed by atoms with E-state index in [9.17, 15) is 9.59 Å². The molecule has 1 aromatic carbocycles. The van der Waals surface area contributed by atoms with Gasteiger partial charge in [-0.1, -0.05) is 50.6 Å². The Bertz CT molecular complexity index is 461. The summed E-state index contributed by atoms with van der Waals surface area (Å²) in [5.41, 5.74) is 0.741. The van der Waals surface area contributed by atoms with Crippen LogP contribution in [0.1, 0.15) is 31.9 Å². The van der Waals surface area contributed by atoms with E-state index in [2.05, 4.69) is 5.32 Å². The zero-order chi connectivity index (χ0) is 15.8. The average molecular weight is 293 g/mol. The molecule has 3 atom stereocenters. The molecule has 0 aromatic heterocycles. The molecule has 0 radical (unpaired) electrons. The quantitative estimate of drug-likeness (QED) is 0.782. The molecule has 0 saturated heterocycles. The zero-order valence-corrected chi connectivity index (χ0v) is 13.0. The molecule has 5 heteroatoms. The fraction of sp³-hybridized carbons (Fsp3) is 0.500. The van der Waals surface area contributed by atoms with Crippen LogP contribution in [0.3, 0.4) is 0 Å². The van der Waals surface area contributed by atoms with E-state index in [0.29, 0.717) is 0 Å². The highest BCUT2D eigenvalue weighted by atomic mass is 16.5. The minimum atomic E-state index is -0.748. The third-order valence-electron chi connectivity index (χ3n) is 3.54. The minimum Gasteiger partial charge on any atom is -0.467 e. The second-order valence-electron chi connectivity index (χ2n) is 4.92. The maximum absolute atomic E-state index is 12.4. The summed E-state index contributed by atoms with van der Waals surface area (Å²) in [7, 11) is 2.78. The third-order valence-corrected chi connectivity index (χ3v) is 3.54. The summed E-state index contributed by atoms with van der Waals surface area (Å²) in [6.45, 7) is 3.85. The fourth-order valence-electron chi connectivity index (χ4n) is 2.05. The first-order chi connectivity index (χ1) is 10.0. The highest BCUT2D eigenvalue weighted by Gasteiger charge is 2.30. The maximum Gasteiger partial charge on any atom is 0.328 e. The molecule has 1 N–H and O–H groups in total. The number of ether oxygens (including phenoxy) is 2. The van der Waals surface area contributed by atoms with Crippen molar-refractivity contribution in [2.75, 3.05) is 14.2 Å². The Balaban J connectivity index is 2.87. The van der Waals surface area contributed by atoms with Gasteiger partial charge in [-0.2, -0.15) is 0 Å². The number of methoxy groups -OCH3 is 2. The molecule has 0 heterocycles. The molecule has 0 aliphatic rings. The standard InChI is InChI=1S/C16H23NO4/c1-5-11(2)13(16(19)21-4)17-15(18)14(20-3)12-9-7-6-8-10-12/h6-11,13-14H,5H2,1-4H3,(H,17,18)/t11-,13+,14+/m0/s1. The molecule has 116 valence electrons. The van der Waals surface area contributed by atoms with Gasteiger partial charge in [0, 0.05) is 7.11 Å². The van der Waals surface area contributed by atoms with E-state index in [1.54, 1.807) is 0 Å². The van der Waals surface area contributed by atoms with Crippen molar-refractivity contribution >= 4 is 11.9 Å². The first-order valence-electron chi connectivity index (χ1n) is 7.01. The van der Waals surface area contributed by atoms with Gasteiger partial charge in [0.05, 0.1) is 7.11 Å². The maximum atomic E-state index is 12.4. The van der Waals surface area contributed by atoms with E-state index in [1.165, 1.54) is 14.2 Å². The van der Waals surface area contributed by atoms with Gasteiger partial charge in [0.15, 0.2) is 6.10 Å². The van der Waals surface area contributed by atoms with E-state index in [0.717, 1.165) is 12.0 Å².